The van der Waals surface area contributed by atoms with Gasteiger partial charge in [-0.25, -0.2) is 15.6 Å². The number of carbonyl (C=O) groups excluding carboxylic acids is 1. The Hall–Kier alpha value is -3.23. The fourth-order valence-corrected chi connectivity index (χ4v) is 1.92. The maximum atomic E-state index is 12.6. The second-order valence-corrected chi connectivity index (χ2v) is 4.76. The quantitative estimate of drug-likeness (QED) is 0.112. The molecule has 0 fully saturated rings. The van der Waals surface area contributed by atoms with E-state index in [0.717, 1.165) is 0 Å². The molecule has 24 heavy (non-hydrogen) atoms. The van der Waals surface area contributed by atoms with Gasteiger partial charge in [-0.05, 0) is 24.3 Å². The topological polar surface area (TPSA) is 140 Å². The van der Waals surface area contributed by atoms with E-state index in [-0.39, 0.29) is 11.3 Å². The number of ether oxygens (including phenoxy) is 1. The summed E-state index contributed by atoms with van der Waals surface area (Å²) in [6.07, 6.45) is 1.22. The Morgan fingerprint density at radius 3 is 2.50 bits per heavy atom. The molecule has 6 N–H and O–H groups in total. The Bertz CT molecular complexity index is 764. The molecule has 1 unspecified atom stereocenters. The molecule has 2 aromatic rings. The van der Waals surface area contributed by atoms with Crippen LogP contribution >= 0.6 is 0 Å². The van der Waals surface area contributed by atoms with Crippen LogP contribution in [0.5, 0.6) is 5.75 Å². The first-order chi connectivity index (χ1) is 11.5. The number of para-hydroxylation sites is 1. The molecule has 0 heterocycles. The van der Waals surface area contributed by atoms with Crippen molar-refractivity contribution in [3.05, 3.63) is 60.2 Å². The summed E-state index contributed by atoms with van der Waals surface area (Å²) in [6, 6.07) is 14.0. The van der Waals surface area contributed by atoms with Crippen molar-refractivity contribution in [1.82, 2.24) is 5.43 Å². The number of aliphatic carboxylic acids is 1. The van der Waals surface area contributed by atoms with Crippen LogP contribution in [0.15, 0.2) is 59.6 Å². The molecule has 0 aromatic heterocycles. The Kier molecular flexibility index (Phi) is 5.25. The number of nitrogens with zero attached hydrogens (tertiary/aromatic N) is 1. The smallest absolute Gasteiger partial charge is 0.372 e. The largest absolute Gasteiger partial charge is 0.477 e. The number of carboxylic acids is 1. The molecular formula is C16H16N4O4. The summed E-state index contributed by atoms with van der Waals surface area (Å²) in [6.45, 7) is 0. The monoisotopic (exact) mass is 328 g/mol. The molecule has 2 aromatic carbocycles. The molecule has 8 heteroatoms. The van der Waals surface area contributed by atoms with Crippen LogP contribution in [0, 0.1) is 0 Å². The second-order valence-electron chi connectivity index (χ2n) is 4.76. The number of carboxylic acid groups (broad SMARTS) is 1. The van der Waals surface area contributed by atoms with E-state index in [9.17, 15) is 14.7 Å². The number of Topliss-reactive ketones (excluding diaryl/α,β-unsaturated/α-hetero) is 1. The van der Waals surface area contributed by atoms with Crippen LogP contribution in [-0.4, -0.2) is 28.9 Å². The lowest BCUT2D eigenvalue weighted by molar-refractivity contribution is -0.150. The van der Waals surface area contributed by atoms with Crippen molar-refractivity contribution >= 4 is 23.8 Å². The van der Waals surface area contributed by atoms with Gasteiger partial charge in [0.1, 0.15) is 12.1 Å². The fourth-order valence-electron chi connectivity index (χ4n) is 1.92. The molecule has 0 aliphatic carbocycles. The fraction of sp³-hybridized carbons (Fsp3) is 0.0625. The number of aliphatic imine (C=N–C) groups is 1. The lowest BCUT2D eigenvalue weighted by atomic mass is 10.0. The summed E-state index contributed by atoms with van der Waals surface area (Å²) in [4.78, 5) is 28.1. The summed E-state index contributed by atoms with van der Waals surface area (Å²) in [5.74, 6) is 2.74. The highest BCUT2D eigenvalue weighted by Crippen LogP contribution is 2.21. The summed E-state index contributed by atoms with van der Waals surface area (Å²) in [5.41, 5.74) is 5.86. The number of hydrogen-bond acceptors (Lipinski definition) is 6. The second kappa shape index (κ2) is 7.36. The van der Waals surface area contributed by atoms with Crippen LogP contribution in [-0.2, 0) is 4.79 Å². The molecule has 0 amide bonds. The maximum Gasteiger partial charge on any atom is 0.372 e. The highest BCUT2D eigenvalue weighted by Gasteiger charge is 2.45. The van der Waals surface area contributed by atoms with Gasteiger partial charge in [0.05, 0.1) is 5.69 Å². The maximum absolute atomic E-state index is 12.6. The molecule has 0 saturated carbocycles. The number of benzene rings is 2. The van der Waals surface area contributed by atoms with Crippen LogP contribution in [0.25, 0.3) is 0 Å². The van der Waals surface area contributed by atoms with E-state index in [1.54, 1.807) is 30.3 Å². The lowest BCUT2D eigenvalue weighted by Crippen LogP contribution is -2.59. The van der Waals surface area contributed by atoms with Crippen molar-refractivity contribution in [2.45, 2.75) is 5.72 Å². The summed E-state index contributed by atoms with van der Waals surface area (Å²) >= 11 is 0. The molecule has 1 atom stereocenters. The highest BCUT2D eigenvalue weighted by molar-refractivity contribution is 6.15. The third-order valence-electron chi connectivity index (χ3n) is 3.07. The summed E-state index contributed by atoms with van der Waals surface area (Å²) in [7, 11) is 0. The van der Waals surface area contributed by atoms with Gasteiger partial charge in [0.25, 0.3) is 0 Å². The molecule has 0 aliphatic heterocycles. The van der Waals surface area contributed by atoms with Crippen LogP contribution in [0.1, 0.15) is 10.4 Å². The van der Waals surface area contributed by atoms with Crippen molar-refractivity contribution in [1.29, 1.82) is 0 Å². The lowest BCUT2D eigenvalue weighted by Gasteiger charge is -2.24. The number of hydrazine groups is 1. The Morgan fingerprint density at radius 2 is 1.88 bits per heavy atom. The van der Waals surface area contributed by atoms with Crippen molar-refractivity contribution < 1.29 is 19.4 Å². The summed E-state index contributed by atoms with van der Waals surface area (Å²) in [5, 5.41) is 9.41. The zero-order valence-corrected chi connectivity index (χ0v) is 12.5. The van der Waals surface area contributed by atoms with Crippen LogP contribution in [0.4, 0.5) is 5.69 Å². The molecule has 0 saturated heterocycles. The molecule has 0 bridgehead atoms. The first-order valence-corrected chi connectivity index (χ1v) is 6.87. The molecule has 124 valence electrons. The molecule has 0 spiro atoms. The van der Waals surface area contributed by atoms with E-state index in [1.165, 1.54) is 30.6 Å². The van der Waals surface area contributed by atoms with E-state index in [0.29, 0.717) is 5.69 Å². The van der Waals surface area contributed by atoms with E-state index in [1.807, 2.05) is 0 Å². The van der Waals surface area contributed by atoms with Gasteiger partial charge in [-0.3, -0.25) is 10.5 Å². The third-order valence-corrected chi connectivity index (χ3v) is 3.07. The molecule has 2 rings (SSSR count). The van der Waals surface area contributed by atoms with Crippen LogP contribution in [0.3, 0.4) is 0 Å². The Labute approximate surface area is 137 Å². The number of hydrogen-bond donors (Lipinski definition) is 4. The highest BCUT2D eigenvalue weighted by atomic mass is 16.5. The van der Waals surface area contributed by atoms with Gasteiger partial charge in [-0.2, -0.15) is 0 Å². The van der Waals surface area contributed by atoms with Gasteiger partial charge < -0.3 is 15.3 Å². The van der Waals surface area contributed by atoms with Crippen LogP contribution in [0.2, 0.25) is 0 Å². The standard InChI is InChI=1S/C16H16N4O4/c17-16(15(22)23,24-13-7-2-1-3-8-13)14(21)11-5-4-6-12(9-11)19-10-20-18/h1-10H,17-18H2,(H,19,20)(H,22,23). The van der Waals surface area contributed by atoms with Gasteiger partial charge in [-0.15, -0.1) is 0 Å². The Morgan fingerprint density at radius 1 is 1.17 bits per heavy atom. The van der Waals surface area contributed by atoms with Gasteiger partial charge in [0.15, 0.2) is 0 Å². The van der Waals surface area contributed by atoms with E-state index in [4.69, 9.17) is 16.3 Å². The number of rotatable bonds is 7. The zero-order chi connectivity index (χ0) is 17.6. The SMILES string of the molecule is NNC=Nc1cccc(C(=O)C(N)(Oc2ccccc2)C(=O)O)c1. The van der Waals surface area contributed by atoms with Crippen molar-refractivity contribution in [2.75, 3.05) is 0 Å². The predicted octanol–water partition coefficient (Wildman–Crippen LogP) is 0.811. The predicted molar refractivity (Wildman–Crippen MR) is 87.9 cm³/mol. The van der Waals surface area contributed by atoms with E-state index >= 15 is 0 Å². The molecule has 8 nitrogen and oxygen atoms in total. The molecular weight excluding hydrogens is 312 g/mol. The summed E-state index contributed by atoms with van der Waals surface area (Å²) < 4.78 is 5.26. The molecule has 0 radical (unpaired) electrons. The number of nitrogens with one attached hydrogen (secondary N) is 1. The minimum Gasteiger partial charge on any atom is -0.477 e. The van der Waals surface area contributed by atoms with E-state index in [2.05, 4.69) is 10.4 Å². The number of ketones is 1. The van der Waals surface area contributed by atoms with E-state index < -0.39 is 17.5 Å². The third kappa shape index (κ3) is 3.75. The Balaban J connectivity index is 2.35. The van der Waals surface area contributed by atoms with Gasteiger partial charge in [-0.1, -0.05) is 30.3 Å². The van der Waals surface area contributed by atoms with Gasteiger partial charge in [0, 0.05) is 5.56 Å². The first kappa shape index (κ1) is 17.1. The van der Waals surface area contributed by atoms with Gasteiger partial charge in [0.2, 0.25) is 5.78 Å². The van der Waals surface area contributed by atoms with Crippen molar-refractivity contribution in [3.8, 4) is 5.75 Å². The number of carbonyl (C=O) groups is 2. The molecule has 0 aliphatic rings. The van der Waals surface area contributed by atoms with Crippen molar-refractivity contribution in [2.24, 2.45) is 16.6 Å². The average molecular weight is 328 g/mol. The zero-order valence-electron chi connectivity index (χ0n) is 12.5. The average Bonchev–Trinajstić information content (AvgIpc) is 2.60. The minimum absolute atomic E-state index is 0.0440. The normalized spacial score (nSPS) is 13.2. The van der Waals surface area contributed by atoms with Gasteiger partial charge >= 0.3 is 11.7 Å². The van der Waals surface area contributed by atoms with Crippen molar-refractivity contribution in [3.63, 3.8) is 0 Å². The number of nitrogens with two attached hydrogens (primary N) is 2. The first-order valence-electron chi connectivity index (χ1n) is 6.87. The minimum atomic E-state index is -2.56. The van der Waals surface area contributed by atoms with Crippen LogP contribution < -0.4 is 21.7 Å².